The van der Waals surface area contributed by atoms with E-state index in [9.17, 15) is 0 Å². The Morgan fingerprint density at radius 2 is 1.97 bits per heavy atom. The molecule has 0 amide bonds. The maximum Gasteiger partial charge on any atom is 0.140 e. The van der Waals surface area contributed by atoms with Gasteiger partial charge in [-0.2, -0.15) is 5.26 Å². The number of benzene rings is 1. The molecule has 2 fully saturated rings. The van der Waals surface area contributed by atoms with Gasteiger partial charge in [-0.15, -0.1) is 0 Å². The standard InChI is InChI=1S/C24H28ClN3O/c1-23(2)17-29-22(23)24(10-9-18-5-8-21(13-26)27-14-18)11-12-28(16-24)15-19-3-6-20(25)7-4-19/h3-8,14,22H,9-12,15-17H2,1-2H3/t22?,24-/m1/s1. The number of rotatable bonds is 6. The molecule has 2 atom stereocenters. The molecule has 152 valence electrons. The van der Waals surface area contributed by atoms with Gasteiger partial charge < -0.3 is 4.74 Å². The quantitative estimate of drug-likeness (QED) is 0.683. The Labute approximate surface area is 178 Å². The number of hydrogen-bond donors (Lipinski definition) is 0. The highest BCUT2D eigenvalue weighted by Crippen LogP contribution is 2.51. The molecular formula is C24H28ClN3O. The predicted octanol–water partition coefficient (Wildman–Crippen LogP) is 4.86. The summed E-state index contributed by atoms with van der Waals surface area (Å²) in [5, 5.41) is 9.75. The van der Waals surface area contributed by atoms with Gasteiger partial charge in [-0.05, 0) is 55.1 Å². The SMILES string of the molecule is CC1(C)COC1[C@]1(CCc2ccc(C#N)nc2)CCN(Cc2ccc(Cl)cc2)C1. The van der Waals surface area contributed by atoms with Crippen molar-refractivity contribution >= 4 is 11.6 Å². The summed E-state index contributed by atoms with van der Waals surface area (Å²) in [5.41, 5.74) is 3.34. The van der Waals surface area contributed by atoms with Crippen LogP contribution in [0.1, 0.15) is 43.5 Å². The van der Waals surface area contributed by atoms with Crippen LogP contribution in [0.5, 0.6) is 0 Å². The van der Waals surface area contributed by atoms with Crippen LogP contribution in [0.4, 0.5) is 0 Å². The van der Waals surface area contributed by atoms with Crippen molar-refractivity contribution in [2.45, 2.75) is 45.8 Å². The van der Waals surface area contributed by atoms with Crippen molar-refractivity contribution in [2.24, 2.45) is 10.8 Å². The van der Waals surface area contributed by atoms with Crippen molar-refractivity contribution in [3.63, 3.8) is 0 Å². The third-order valence-electron chi connectivity index (χ3n) is 6.52. The zero-order valence-electron chi connectivity index (χ0n) is 17.2. The van der Waals surface area contributed by atoms with Crippen LogP contribution < -0.4 is 0 Å². The summed E-state index contributed by atoms with van der Waals surface area (Å²) in [6.45, 7) is 8.58. The zero-order chi connectivity index (χ0) is 20.5. The molecule has 0 saturated carbocycles. The molecule has 0 radical (unpaired) electrons. The number of halogens is 1. The molecule has 29 heavy (non-hydrogen) atoms. The largest absolute Gasteiger partial charge is 0.376 e. The smallest absolute Gasteiger partial charge is 0.140 e. The number of hydrogen-bond acceptors (Lipinski definition) is 4. The van der Waals surface area contributed by atoms with Crippen molar-refractivity contribution in [3.05, 3.63) is 64.4 Å². The second-order valence-corrected chi connectivity index (χ2v) is 9.73. The van der Waals surface area contributed by atoms with Crippen LogP contribution in [0.25, 0.3) is 0 Å². The van der Waals surface area contributed by atoms with E-state index in [4.69, 9.17) is 21.6 Å². The van der Waals surface area contributed by atoms with Crippen LogP contribution in [0.15, 0.2) is 42.6 Å². The summed E-state index contributed by atoms with van der Waals surface area (Å²) in [5.74, 6) is 0. The minimum Gasteiger partial charge on any atom is -0.376 e. The monoisotopic (exact) mass is 409 g/mol. The van der Waals surface area contributed by atoms with Crippen LogP contribution in [0, 0.1) is 22.2 Å². The first-order valence-corrected chi connectivity index (χ1v) is 10.7. The Balaban J connectivity index is 1.48. The van der Waals surface area contributed by atoms with E-state index in [1.807, 2.05) is 30.5 Å². The molecule has 2 saturated heterocycles. The van der Waals surface area contributed by atoms with Gasteiger partial charge >= 0.3 is 0 Å². The number of nitriles is 1. The molecule has 2 aliphatic heterocycles. The predicted molar refractivity (Wildman–Crippen MR) is 115 cm³/mol. The van der Waals surface area contributed by atoms with E-state index >= 15 is 0 Å². The topological polar surface area (TPSA) is 49.1 Å². The molecule has 0 spiro atoms. The van der Waals surface area contributed by atoms with E-state index in [1.165, 1.54) is 11.1 Å². The Morgan fingerprint density at radius 1 is 1.21 bits per heavy atom. The van der Waals surface area contributed by atoms with Crippen LogP contribution in [0.2, 0.25) is 5.02 Å². The first kappa shape index (κ1) is 20.3. The normalized spacial score (nSPS) is 26.1. The van der Waals surface area contributed by atoms with Gasteiger partial charge in [0.1, 0.15) is 11.8 Å². The molecule has 5 heteroatoms. The molecule has 1 aromatic heterocycles. The summed E-state index contributed by atoms with van der Waals surface area (Å²) in [4.78, 5) is 6.79. The lowest BCUT2D eigenvalue weighted by atomic mass is 9.64. The van der Waals surface area contributed by atoms with Gasteiger partial charge in [0.25, 0.3) is 0 Å². The molecular weight excluding hydrogens is 382 g/mol. The lowest BCUT2D eigenvalue weighted by Gasteiger charge is -2.54. The van der Waals surface area contributed by atoms with Crippen molar-refractivity contribution in [1.29, 1.82) is 5.26 Å². The van der Waals surface area contributed by atoms with Gasteiger partial charge in [-0.3, -0.25) is 4.90 Å². The van der Waals surface area contributed by atoms with E-state index in [2.05, 4.69) is 41.9 Å². The van der Waals surface area contributed by atoms with Crippen molar-refractivity contribution in [3.8, 4) is 6.07 Å². The van der Waals surface area contributed by atoms with E-state index in [0.717, 1.165) is 50.5 Å². The summed E-state index contributed by atoms with van der Waals surface area (Å²) < 4.78 is 6.17. The number of nitrogens with zero attached hydrogens (tertiary/aromatic N) is 3. The number of pyridine rings is 1. The van der Waals surface area contributed by atoms with Crippen LogP contribution in [0.3, 0.4) is 0 Å². The maximum absolute atomic E-state index is 8.97. The third-order valence-corrected chi connectivity index (χ3v) is 6.77. The Kier molecular flexibility index (Phi) is 5.66. The first-order chi connectivity index (χ1) is 13.9. The average Bonchev–Trinajstić information content (AvgIpc) is 3.11. The van der Waals surface area contributed by atoms with E-state index in [-0.39, 0.29) is 16.9 Å². The van der Waals surface area contributed by atoms with Crippen molar-refractivity contribution in [1.82, 2.24) is 9.88 Å². The van der Waals surface area contributed by atoms with Crippen molar-refractivity contribution < 1.29 is 4.74 Å². The molecule has 0 bridgehead atoms. The fourth-order valence-corrected chi connectivity index (χ4v) is 5.18. The molecule has 0 aliphatic carbocycles. The molecule has 2 aliphatic rings. The van der Waals surface area contributed by atoms with Crippen molar-refractivity contribution in [2.75, 3.05) is 19.7 Å². The lowest BCUT2D eigenvalue weighted by molar-refractivity contribution is -0.223. The molecule has 2 aromatic rings. The van der Waals surface area contributed by atoms with Gasteiger partial charge in [0.05, 0.1) is 12.7 Å². The van der Waals surface area contributed by atoms with Gasteiger partial charge in [-0.25, -0.2) is 4.98 Å². The third kappa shape index (κ3) is 4.33. The molecule has 4 rings (SSSR count). The summed E-state index contributed by atoms with van der Waals surface area (Å²) in [7, 11) is 0. The fraction of sp³-hybridized carbons (Fsp3) is 0.500. The van der Waals surface area contributed by atoms with Crippen LogP contribution in [-0.2, 0) is 17.7 Å². The summed E-state index contributed by atoms with van der Waals surface area (Å²) >= 11 is 6.04. The first-order valence-electron chi connectivity index (χ1n) is 10.3. The highest BCUT2D eigenvalue weighted by Gasteiger charge is 2.55. The second-order valence-electron chi connectivity index (χ2n) is 9.29. The average molecular weight is 410 g/mol. The Hall–Kier alpha value is -1.93. The second kappa shape index (κ2) is 8.07. The molecule has 4 nitrogen and oxygen atoms in total. The highest BCUT2D eigenvalue weighted by atomic mass is 35.5. The van der Waals surface area contributed by atoms with E-state index in [1.54, 1.807) is 0 Å². The molecule has 1 unspecified atom stereocenters. The van der Waals surface area contributed by atoms with E-state index in [0.29, 0.717) is 5.69 Å². The van der Waals surface area contributed by atoms with Crippen LogP contribution in [-0.4, -0.2) is 35.7 Å². The minimum absolute atomic E-state index is 0.155. The van der Waals surface area contributed by atoms with E-state index < -0.39 is 0 Å². The van der Waals surface area contributed by atoms with Gasteiger partial charge in [0.2, 0.25) is 0 Å². The zero-order valence-corrected chi connectivity index (χ0v) is 18.0. The molecule has 0 N–H and O–H groups in total. The Morgan fingerprint density at radius 3 is 2.55 bits per heavy atom. The van der Waals surface area contributed by atoms with Gasteiger partial charge in [-0.1, -0.05) is 43.6 Å². The van der Waals surface area contributed by atoms with Gasteiger partial charge in [0.15, 0.2) is 0 Å². The Bertz CT molecular complexity index is 888. The number of likely N-dealkylation sites (tertiary alicyclic amines) is 1. The minimum atomic E-state index is 0.155. The fourth-order valence-electron chi connectivity index (χ4n) is 5.05. The highest BCUT2D eigenvalue weighted by molar-refractivity contribution is 6.30. The van der Waals surface area contributed by atoms with Gasteiger partial charge in [0, 0.05) is 35.1 Å². The molecule has 1 aromatic carbocycles. The maximum atomic E-state index is 8.97. The van der Waals surface area contributed by atoms with Crippen LogP contribution >= 0.6 is 11.6 Å². The molecule has 3 heterocycles. The summed E-state index contributed by atoms with van der Waals surface area (Å²) in [6, 6.07) is 14.1. The number of aromatic nitrogens is 1. The lowest BCUT2D eigenvalue weighted by Crippen LogP contribution is -2.58. The number of ether oxygens (including phenoxy) is 1. The summed E-state index contributed by atoms with van der Waals surface area (Å²) in [6.07, 6.45) is 5.32. The number of aryl methyl sites for hydroxylation is 1.